The molecule has 2 aromatic heterocycles. The van der Waals surface area contributed by atoms with Crippen molar-refractivity contribution in [1.29, 1.82) is 0 Å². The minimum atomic E-state index is -0.448. The van der Waals surface area contributed by atoms with Crippen molar-refractivity contribution in [2.75, 3.05) is 13.1 Å². The van der Waals surface area contributed by atoms with Crippen molar-refractivity contribution in [2.24, 2.45) is 0 Å². The Balaban J connectivity index is 1.46. The van der Waals surface area contributed by atoms with Crippen LogP contribution in [0.1, 0.15) is 23.9 Å². The van der Waals surface area contributed by atoms with Crippen LogP contribution in [0.3, 0.4) is 0 Å². The molecule has 1 aliphatic heterocycles. The minimum absolute atomic E-state index is 0.0154. The second-order valence-corrected chi connectivity index (χ2v) is 6.77. The highest BCUT2D eigenvalue weighted by Crippen LogP contribution is 2.28. The van der Waals surface area contributed by atoms with Gasteiger partial charge >= 0.3 is 0 Å². The largest absolute Gasteiger partial charge is 0.436 e. The number of aryl methyl sites for hydroxylation is 1. The molecular weight excluding hydrogens is 361 g/mol. The number of carbonyl (C=O) groups excluding carboxylic acids is 1. The first-order valence-corrected chi connectivity index (χ1v) is 9.11. The fourth-order valence-electron chi connectivity index (χ4n) is 3.27. The molecule has 1 saturated heterocycles. The maximum atomic E-state index is 13.9. The molecule has 28 heavy (non-hydrogen) atoms. The van der Waals surface area contributed by atoms with Crippen molar-refractivity contribution in [2.45, 2.75) is 25.8 Å². The summed E-state index contributed by atoms with van der Waals surface area (Å²) >= 11 is 0. The fraction of sp³-hybridized carbons (Fsp3) is 0.300. The molecule has 4 rings (SSSR count). The van der Waals surface area contributed by atoms with E-state index < -0.39 is 5.82 Å². The molecule has 0 spiro atoms. The van der Waals surface area contributed by atoms with Crippen molar-refractivity contribution < 1.29 is 13.9 Å². The SMILES string of the molecule is Cc1cc(Oc2ccccc2F)nc(C2CCN(C(=O)Cn3cccn3)C2)n1. The van der Waals surface area contributed by atoms with E-state index in [4.69, 9.17) is 4.74 Å². The monoisotopic (exact) mass is 381 g/mol. The van der Waals surface area contributed by atoms with Gasteiger partial charge in [-0.1, -0.05) is 12.1 Å². The van der Waals surface area contributed by atoms with Crippen LogP contribution in [0.5, 0.6) is 11.6 Å². The molecule has 0 aliphatic carbocycles. The molecule has 7 nitrogen and oxygen atoms in total. The van der Waals surface area contributed by atoms with Crippen molar-refractivity contribution in [3.8, 4) is 11.6 Å². The molecule has 1 amide bonds. The highest BCUT2D eigenvalue weighted by atomic mass is 19.1. The molecule has 1 aromatic carbocycles. The average molecular weight is 381 g/mol. The number of nitrogens with zero attached hydrogens (tertiary/aromatic N) is 5. The number of hydrogen-bond donors (Lipinski definition) is 0. The summed E-state index contributed by atoms with van der Waals surface area (Å²) in [6.45, 7) is 3.25. The molecule has 1 fully saturated rings. The van der Waals surface area contributed by atoms with E-state index in [0.29, 0.717) is 24.8 Å². The summed E-state index contributed by atoms with van der Waals surface area (Å²) in [5.41, 5.74) is 0.734. The molecule has 0 saturated carbocycles. The van der Waals surface area contributed by atoms with Crippen LogP contribution in [0.2, 0.25) is 0 Å². The third-order valence-corrected chi connectivity index (χ3v) is 4.66. The normalized spacial score (nSPS) is 16.4. The first-order chi connectivity index (χ1) is 13.6. The van der Waals surface area contributed by atoms with E-state index in [1.807, 2.05) is 6.92 Å². The van der Waals surface area contributed by atoms with Crippen LogP contribution in [0.15, 0.2) is 48.8 Å². The van der Waals surface area contributed by atoms with E-state index in [2.05, 4.69) is 15.1 Å². The number of hydrogen-bond acceptors (Lipinski definition) is 5. The first-order valence-electron chi connectivity index (χ1n) is 9.11. The molecule has 144 valence electrons. The number of aromatic nitrogens is 4. The molecule has 0 bridgehead atoms. The number of halogens is 1. The molecule has 3 aromatic rings. The van der Waals surface area contributed by atoms with E-state index in [0.717, 1.165) is 12.1 Å². The van der Waals surface area contributed by atoms with Crippen LogP contribution in [0.4, 0.5) is 4.39 Å². The zero-order chi connectivity index (χ0) is 19.5. The highest BCUT2D eigenvalue weighted by Gasteiger charge is 2.29. The predicted molar refractivity (Wildman–Crippen MR) is 99.4 cm³/mol. The van der Waals surface area contributed by atoms with Crippen LogP contribution in [0.25, 0.3) is 0 Å². The Bertz CT molecular complexity index is 976. The first kappa shape index (κ1) is 18.1. The fourth-order valence-corrected chi connectivity index (χ4v) is 3.27. The maximum Gasteiger partial charge on any atom is 0.244 e. The smallest absolute Gasteiger partial charge is 0.244 e. The van der Waals surface area contributed by atoms with E-state index in [1.54, 1.807) is 52.3 Å². The van der Waals surface area contributed by atoms with Crippen molar-refractivity contribution in [3.63, 3.8) is 0 Å². The number of para-hydroxylation sites is 1. The summed E-state index contributed by atoms with van der Waals surface area (Å²) in [6.07, 6.45) is 4.19. The lowest BCUT2D eigenvalue weighted by Crippen LogP contribution is -2.32. The molecule has 1 atom stereocenters. The van der Waals surface area contributed by atoms with Gasteiger partial charge in [0.25, 0.3) is 0 Å². The predicted octanol–water partition coefficient (Wildman–Crippen LogP) is 2.93. The number of carbonyl (C=O) groups is 1. The summed E-state index contributed by atoms with van der Waals surface area (Å²) in [5, 5.41) is 4.07. The van der Waals surface area contributed by atoms with Crippen LogP contribution in [-0.2, 0) is 11.3 Å². The molecular formula is C20H20FN5O2. The summed E-state index contributed by atoms with van der Waals surface area (Å²) in [5.74, 6) is 0.617. The van der Waals surface area contributed by atoms with Crippen molar-refractivity contribution in [1.82, 2.24) is 24.6 Å². The lowest BCUT2D eigenvalue weighted by atomic mass is 10.1. The molecule has 1 aliphatic rings. The third-order valence-electron chi connectivity index (χ3n) is 4.66. The van der Waals surface area contributed by atoms with E-state index >= 15 is 0 Å². The molecule has 3 heterocycles. The van der Waals surface area contributed by atoms with Gasteiger partial charge in [-0.25, -0.2) is 9.37 Å². The van der Waals surface area contributed by atoms with E-state index in [9.17, 15) is 9.18 Å². The van der Waals surface area contributed by atoms with Gasteiger partial charge in [0, 0.05) is 43.2 Å². The van der Waals surface area contributed by atoms with Gasteiger partial charge in [0.15, 0.2) is 11.6 Å². The second kappa shape index (κ2) is 7.75. The Kier molecular flexibility index (Phi) is 5.01. The van der Waals surface area contributed by atoms with Gasteiger partial charge in [0.1, 0.15) is 12.4 Å². The van der Waals surface area contributed by atoms with Gasteiger partial charge in [-0.3, -0.25) is 9.48 Å². The standard InChI is InChI=1S/C20H20FN5O2/c1-14-11-18(28-17-6-3-2-5-16(17)21)24-20(23-14)15-7-10-25(12-15)19(27)13-26-9-4-8-22-26/h2-6,8-9,11,15H,7,10,12-13H2,1H3. The maximum absolute atomic E-state index is 13.9. The molecule has 8 heteroatoms. The number of ether oxygens (including phenoxy) is 1. The zero-order valence-electron chi connectivity index (χ0n) is 15.5. The number of amides is 1. The minimum Gasteiger partial charge on any atom is -0.436 e. The lowest BCUT2D eigenvalue weighted by molar-refractivity contribution is -0.131. The lowest BCUT2D eigenvalue weighted by Gasteiger charge is -2.16. The number of likely N-dealkylation sites (tertiary alicyclic amines) is 1. The topological polar surface area (TPSA) is 73.1 Å². The van der Waals surface area contributed by atoms with Crippen LogP contribution >= 0.6 is 0 Å². The molecule has 0 radical (unpaired) electrons. The number of rotatable bonds is 5. The van der Waals surface area contributed by atoms with Gasteiger partial charge in [-0.2, -0.15) is 10.1 Å². The quantitative estimate of drug-likeness (QED) is 0.679. The Morgan fingerprint density at radius 1 is 1.29 bits per heavy atom. The average Bonchev–Trinajstić information content (AvgIpc) is 3.35. The van der Waals surface area contributed by atoms with E-state index in [-0.39, 0.29) is 24.1 Å². The van der Waals surface area contributed by atoms with E-state index in [1.165, 1.54) is 6.07 Å². The molecule has 0 N–H and O–H groups in total. The number of benzene rings is 1. The third kappa shape index (κ3) is 4.00. The Labute approximate surface area is 161 Å². The highest BCUT2D eigenvalue weighted by molar-refractivity contribution is 5.76. The van der Waals surface area contributed by atoms with Gasteiger partial charge in [-0.15, -0.1) is 0 Å². The van der Waals surface area contributed by atoms with Gasteiger partial charge < -0.3 is 9.64 Å². The van der Waals surface area contributed by atoms with Gasteiger partial charge in [-0.05, 0) is 31.5 Å². The van der Waals surface area contributed by atoms with Crippen LogP contribution in [-0.4, -0.2) is 43.6 Å². The second-order valence-electron chi connectivity index (χ2n) is 6.77. The Morgan fingerprint density at radius 2 is 2.14 bits per heavy atom. The summed E-state index contributed by atoms with van der Waals surface area (Å²) in [4.78, 5) is 23.2. The summed E-state index contributed by atoms with van der Waals surface area (Å²) in [6, 6.07) is 9.66. The Hall–Kier alpha value is -3.29. The van der Waals surface area contributed by atoms with Gasteiger partial charge in [0.2, 0.25) is 11.8 Å². The Morgan fingerprint density at radius 3 is 2.93 bits per heavy atom. The zero-order valence-corrected chi connectivity index (χ0v) is 15.5. The van der Waals surface area contributed by atoms with Crippen molar-refractivity contribution in [3.05, 3.63) is 66.1 Å². The summed E-state index contributed by atoms with van der Waals surface area (Å²) in [7, 11) is 0. The van der Waals surface area contributed by atoms with Crippen LogP contribution in [0, 0.1) is 12.7 Å². The molecule has 1 unspecified atom stereocenters. The summed E-state index contributed by atoms with van der Waals surface area (Å²) < 4.78 is 21.1. The van der Waals surface area contributed by atoms with Crippen molar-refractivity contribution >= 4 is 5.91 Å². The van der Waals surface area contributed by atoms with Gasteiger partial charge in [0.05, 0.1) is 0 Å². The van der Waals surface area contributed by atoms with Crippen LogP contribution < -0.4 is 4.74 Å².